The van der Waals surface area contributed by atoms with Gasteiger partial charge in [-0.25, -0.2) is 13.6 Å². The average molecular weight is 187 g/mol. The average Bonchev–Trinajstić information content (AvgIpc) is 2.07. The molecule has 0 heterocycles. The molecular weight excluding hydrogens is 184 g/mol. The summed E-state index contributed by atoms with van der Waals surface area (Å²) in [5.41, 5.74) is -1.58. The van der Waals surface area contributed by atoms with Crippen molar-refractivity contribution in [2.75, 3.05) is 0 Å². The number of hydrogen-bond donors (Lipinski definition) is 1. The van der Waals surface area contributed by atoms with Crippen LogP contribution in [0, 0.1) is 16.5 Å². The molecule has 0 saturated carbocycles. The van der Waals surface area contributed by atoms with Crippen LogP contribution in [0.1, 0.15) is 10.4 Å². The van der Waals surface area contributed by atoms with Crippen LogP contribution in [0.25, 0.3) is 0 Å². The zero-order chi connectivity index (χ0) is 10.0. The van der Waals surface area contributed by atoms with Crippen LogP contribution in [0.4, 0.5) is 14.5 Å². The molecule has 1 rings (SSSR count). The molecule has 0 aromatic heterocycles. The molecule has 68 valence electrons. The predicted octanol–water partition coefficient (Wildman–Crippen LogP) is 2.06. The molecular formula is C7H3F2NO3. The fourth-order valence-electron chi connectivity index (χ4n) is 0.770. The number of nitroso groups, excluding NO2 is 1. The summed E-state index contributed by atoms with van der Waals surface area (Å²) in [6, 6.07) is 0.847. The monoisotopic (exact) mass is 187 g/mol. The molecule has 1 aromatic carbocycles. The van der Waals surface area contributed by atoms with Gasteiger partial charge in [0.05, 0.1) is 5.56 Å². The lowest BCUT2D eigenvalue weighted by atomic mass is 10.2. The van der Waals surface area contributed by atoms with E-state index in [9.17, 15) is 18.5 Å². The molecule has 1 aromatic rings. The molecule has 0 radical (unpaired) electrons. The van der Waals surface area contributed by atoms with Crippen LogP contribution in [-0.2, 0) is 0 Å². The standard InChI is InChI=1S/C7H3F2NO3/c8-4-2-6(10-13)5(9)1-3(4)7(11)12/h1-2H,(H,11,12). The Morgan fingerprint density at radius 2 is 1.92 bits per heavy atom. The Labute approximate surface area is 70.8 Å². The summed E-state index contributed by atoms with van der Waals surface area (Å²) in [5, 5.41) is 10.5. The second-order valence-corrected chi connectivity index (χ2v) is 2.18. The van der Waals surface area contributed by atoms with E-state index in [1.54, 1.807) is 0 Å². The molecule has 0 amide bonds. The lowest BCUT2D eigenvalue weighted by molar-refractivity contribution is 0.0691. The molecule has 0 aliphatic heterocycles. The largest absolute Gasteiger partial charge is 0.478 e. The molecule has 4 nitrogen and oxygen atoms in total. The lowest BCUT2D eigenvalue weighted by Gasteiger charge is -1.98. The van der Waals surface area contributed by atoms with Gasteiger partial charge < -0.3 is 5.11 Å². The van der Waals surface area contributed by atoms with E-state index in [-0.39, 0.29) is 0 Å². The Balaban J connectivity index is 3.36. The molecule has 0 unspecified atom stereocenters. The topological polar surface area (TPSA) is 66.7 Å². The summed E-state index contributed by atoms with van der Waals surface area (Å²) < 4.78 is 25.4. The van der Waals surface area contributed by atoms with Gasteiger partial charge in [0, 0.05) is 6.07 Å². The molecule has 6 heteroatoms. The highest BCUT2D eigenvalue weighted by atomic mass is 19.1. The maximum absolute atomic E-state index is 12.7. The highest BCUT2D eigenvalue weighted by molar-refractivity contribution is 5.88. The molecule has 0 bridgehead atoms. The fraction of sp³-hybridized carbons (Fsp3) is 0. The van der Waals surface area contributed by atoms with Gasteiger partial charge >= 0.3 is 5.97 Å². The van der Waals surface area contributed by atoms with E-state index >= 15 is 0 Å². The first-order valence-corrected chi connectivity index (χ1v) is 3.12. The molecule has 0 fully saturated rings. The fourth-order valence-corrected chi connectivity index (χ4v) is 0.770. The molecule has 0 aliphatic carbocycles. The Bertz CT molecular complexity index is 378. The number of halogens is 2. The van der Waals surface area contributed by atoms with Gasteiger partial charge in [-0.3, -0.25) is 0 Å². The highest BCUT2D eigenvalue weighted by Gasteiger charge is 2.15. The first-order chi connectivity index (χ1) is 6.06. The van der Waals surface area contributed by atoms with Gasteiger partial charge in [0.1, 0.15) is 11.5 Å². The smallest absolute Gasteiger partial charge is 0.338 e. The first-order valence-electron chi connectivity index (χ1n) is 3.12. The van der Waals surface area contributed by atoms with Crippen molar-refractivity contribution < 1.29 is 18.7 Å². The summed E-state index contributed by atoms with van der Waals surface area (Å²) in [6.07, 6.45) is 0. The zero-order valence-corrected chi connectivity index (χ0v) is 6.12. The van der Waals surface area contributed by atoms with Crippen molar-refractivity contribution in [1.82, 2.24) is 0 Å². The van der Waals surface area contributed by atoms with Gasteiger partial charge in [-0.05, 0) is 11.2 Å². The van der Waals surface area contributed by atoms with Crippen molar-refractivity contribution in [3.63, 3.8) is 0 Å². The van der Waals surface area contributed by atoms with Gasteiger partial charge in [-0.1, -0.05) is 0 Å². The summed E-state index contributed by atoms with van der Waals surface area (Å²) in [5.74, 6) is -3.95. The van der Waals surface area contributed by atoms with Gasteiger partial charge in [0.2, 0.25) is 0 Å². The van der Waals surface area contributed by atoms with E-state index in [0.29, 0.717) is 12.1 Å². The number of carboxylic acids is 1. The third-order valence-electron chi connectivity index (χ3n) is 1.37. The Morgan fingerprint density at radius 3 is 2.38 bits per heavy atom. The molecule has 1 N–H and O–H groups in total. The maximum atomic E-state index is 12.7. The van der Waals surface area contributed by atoms with Crippen LogP contribution in [0.2, 0.25) is 0 Å². The number of hydrogen-bond acceptors (Lipinski definition) is 3. The van der Waals surface area contributed by atoms with Crippen molar-refractivity contribution in [3.05, 3.63) is 34.2 Å². The molecule has 0 atom stereocenters. The quantitative estimate of drug-likeness (QED) is 0.720. The number of aromatic carboxylic acids is 1. The summed E-state index contributed by atoms with van der Waals surface area (Å²) in [7, 11) is 0. The summed E-state index contributed by atoms with van der Waals surface area (Å²) in [6.45, 7) is 0. The zero-order valence-electron chi connectivity index (χ0n) is 6.12. The van der Waals surface area contributed by atoms with Crippen molar-refractivity contribution >= 4 is 11.7 Å². The predicted molar refractivity (Wildman–Crippen MR) is 38.8 cm³/mol. The van der Waals surface area contributed by atoms with E-state index in [1.807, 2.05) is 0 Å². The van der Waals surface area contributed by atoms with Gasteiger partial charge in [0.25, 0.3) is 0 Å². The number of carbonyl (C=O) groups is 1. The Hall–Kier alpha value is -1.85. The first kappa shape index (κ1) is 9.24. The number of nitrogens with zero attached hydrogens (tertiary/aromatic N) is 1. The van der Waals surface area contributed by atoms with Gasteiger partial charge in [0.15, 0.2) is 5.82 Å². The maximum Gasteiger partial charge on any atom is 0.338 e. The lowest BCUT2D eigenvalue weighted by Crippen LogP contribution is -2.01. The third kappa shape index (κ3) is 1.66. The summed E-state index contributed by atoms with van der Waals surface area (Å²) >= 11 is 0. The van der Waals surface area contributed by atoms with Crippen LogP contribution in [0.15, 0.2) is 17.3 Å². The second kappa shape index (κ2) is 3.26. The van der Waals surface area contributed by atoms with E-state index in [4.69, 9.17) is 5.11 Å². The highest BCUT2D eigenvalue weighted by Crippen LogP contribution is 2.21. The number of rotatable bonds is 2. The molecule has 0 aliphatic rings. The number of carboxylic acid groups (broad SMARTS) is 1. The van der Waals surface area contributed by atoms with Crippen LogP contribution in [-0.4, -0.2) is 11.1 Å². The third-order valence-corrected chi connectivity index (χ3v) is 1.37. The minimum atomic E-state index is -1.60. The SMILES string of the molecule is O=Nc1cc(F)c(C(=O)O)cc1F. The molecule has 13 heavy (non-hydrogen) atoms. The van der Waals surface area contributed by atoms with Crippen LogP contribution in [0.5, 0.6) is 0 Å². The minimum absolute atomic E-state index is 0.411. The van der Waals surface area contributed by atoms with Crippen molar-refractivity contribution in [2.45, 2.75) is 0 Å². The molecule has 0 saturated heterocycles. The van der Waals surface area contributed by atoms with E-state index in [1.165, 1.54) is 0 Å². The van der Waals surface area contributed by atoms with Gasteiger partial charge in [-0.2, -0.15) is 0 Å². The van der Waals surface area contributed by atoms with Gasteiger partial charge in [-0.15, -0.1) is 4.91 Å². The second-order valence-electron chi connectivity index (χ2n) is 2.18. The van der Waals surface area contributed by atoms with E-state index in [0.717, 1.165) is 0 Å². The van der Waals surface area contributed by atoms with Crippen LogP contribution >= 0.6 is 0 Å². The van der Waals surface area contributed by atoms with Crippen LogP contribution < -0.4 is 0 Å². The van der Waals surface area contributed by atoms with Crippen molar-refractivity contribution in [3.8, 4) is 0 Å². The van der Waals surface area contributed by atoms with E-state index < -0.39 is 28.9 Å². The Kier molecular flexibility index (Phi) is 2.32. The number of benzene rings is 1. The van der Waals surface area contributed by atoms with E-state index in [2.05, 4.69) is 5.18 Å². The summed E-state index contributed by atoms with van der Waals surface area (Å²) in [4.78, 5) is 20.1. The van der Waals surface area contributed by atoms with Crippen LogP contribution in [0.3, 0.4) is 0 Å². The molecule has 0 spiro atoms. The van der Waals surface area contributed by atoms with Crippen molar-refractivity contribution in [1.29, 1.82) is 0 Å². The normalized spacial score (nSPS) is 9.69. The van der Waals surface area contributed by atoms with Crippen molar-refractivity contribution in [2.24, 2.45) is 5.18 Å². The Morgan fingerprint density at radius 1 is 1.31 bits per heavy atom. The minimum Gasteiger partial charge on any atom is -0.478 e.